The lowest BCUT2D eigenvalue weighted by atomic mass is 9.96. The fraction of sp³-hybridized carbons (Fsp3) is 0.938. The molecule has 0 aliphatic rings. The minimum Gasteiger partial charge on any atom is -0.444 e. The van der Waals surface area contributed by atoms with Crippen molar-refractivity contribution in [2.75, 3.05) is 26.2 Å². The van der Waals surface area contributed by atoms with Gasteiger partial charge in [-0.3, -0.25) is 0 Å². The lowest BCUT2D eigenvalue weighted by Gasteiger charge is -2.24. The SMILES string of the molecule is CC(C)OCCNCC(CNC(=O)OC(C)(C)C)C(C)C. The van der Waals surface area contributed by atoms with Crippen LogP contribution in [0.15, 0.2) is 0 Å². The van der Waals surface area contributed by atoms with Crippen LogP contribution in [0.4, 0.5) is 4.79 Å². The number of carbonyl (C=O) groups excluding carboxylic acids is 1. The van der Waals surface area contributed by atoms with E-state index in [1.54, 1.807) is 0 Å². The van der Waals surface area contributed by atoms with Gasteiger partial charge < -0.3 is 20.1 Å². The fourth-order valence-electron chi connectivity index (χ4n) is 1.73. The zero-order chi connectivity index (χ0) is 16.5. The molecule has 0 radical (unpaired) electrons. The molecule has 1 atom stereocenters. The third-order valence-corrected chi connectivity index (χ3v) is 2.99. The van der Waals surface area contributed by atoms with Crippen molar-refractivity contribution in [2.24, 2.45) is 11.8 Å². The summed E-state index contributed by atoms with van der Waals surface area (Å²) in [6.07, 6.45) is -0.0854. The molecule has 0 saturated heterocycles. The van der Waals surface area contributed by atoms with Crippen LogP contribution in [0.25, 0.3) is 0 Å². The number of hydrogen-bond donors (Lipinski definition) is 2. The van der Waals surface area contributed by atoms with Gasteiger partial charge in [-0.15, -0.1) is 0 Å². The molecule has 126 valence electrons. The number of rotatable bonds is 9. The smallest absolute Gasteiger partial charge is 0.407 e. The van der Waals surface area contributed by atoms with Gasteiger partial charge in [-0.05, 0) is 53.0 Å². The molecule has 0 spiro atoms. The summed E-state index contributed by atoms with van der Waals surface area (Å²) in [5.74, 6) is 0.857. The molecule has 0 aromatic heterocycles. The zero-order valence-corrected chi connectivity index (χ0v) is 14.8. The Kier molecular flexibility index (Phi) is 9.62. The largest absolute Gasteiger partial charge is 0.444 e. The van der Waals surface area contributed by atoms with Crippen LogP contribution in [0.3, 0.4) is 0 Å². The highest BCUT2D eigenvalue weighted by Gasteiger charge is 2.18. The van der Waals surface area contributed by atoms with Crippen LogP contribution in [-0.2, 0) is 9.47 Å². The molecule has 0 saturated carbocycles. The summed E-state index contributed by atoms with van der Waals surface area (Å²) in [6, 6.07) is 0. The van der Waals surface area contributed by atoms with Crippen molar-refractivity contribution < 1.29 is 14.3 Å². The molecule has 21 heavy (non-hydrogen) atoms. The summed E-state index contributed by atoms with van der Waals surface area (Å²) < 4.78 is 10.7. The number of carbonyl (C=O) groups is 1. The van der Waals surface area contributed by atoms with Gasteiger partial charge in [0.2, 0.25) is 0 Å². The summed E-state index contributed by atoms with van der Waals surface area (Å²) in [5.41, 5.74) is -0.455. The second-order valence-electron chi connectivity index (χ2n) is 7.01. The van der Waals surface area contributed by atoms with Gasteiger partial charge in [0.1, 0.15) is 5.60 Å². The van der Waals surface area contributed by atoms with Crippen LogP contribution in [-0.4, -0.2) is 44.0 Å². The Morgan fingerprint density at radius 1 is 1.10 bits per heavy atom. The van der Waals surface area contributed by atoms with E-state index >= 15 is 0 Å². The normalized spacial score (nSPS) is 13.6. The molecule has 5 nitrogen and oxygen atoms in total. The maximum absolute atomic E-state index is 11.7. The monoisotopic (exact) mass is 302 g/mol. The summed E-state index contributed by atoms with van der Waals surface area (Å²) in [4.78, 5) is 11.7. The first kappa shape index (κ1) is 20.2. The molecule has 0 aliphatic heterocycles. The van der Waals surface area contributed by atoms with Gasteiger partial charge in [-0.1, -0.05) is 13.8 Å². The van der Waals surface area contributed by atoms with E-state index in [2.05, 4.69) is 24.5 Å². The Bertz CT molecular complexity index is 286. The van der Waals surface area contributed by atoms with E-state index in [1.807, 2.05) is 34.6 Å². The Balaban J connectivity index is 3.95. The number of amides is 1. The highest BCUT2D eigenvalue weighted by Crippen LogP contribution is 2.10. The topological polar surface area (TPSA) is 59.6 Å². The van der Waals surface area contributed by atoms with E-state index in [0.717, 1.165) is 13.1 Å². The van der Waals surface area contributed by atoms with Crippen molar-refractivity contribution >= 4 is 6.09 Å². The third-order valence-electron chi connectivity index (χ3n) is 2.99. The third kappa shape index (κ3) is 12.6. The van der Waals surface area contributed by atoms with Crippen LogP contribution in [0.1, 0.15) is 48.5 Å². The summed E-state index contributed by atoms with van der Waals surface area (Å²) >= 11 is 0. The minimum atomic E-state index is -0.455. The number of nitrogens with one attached hydrogen (secondary N) is 2. The number of alkyl carbamates (subject to hydrolysis) is 1. The van der Waals surface area contributed by atoms with Crippen LogP contribution in [0, 0.1) is 11.8 Å². The molecule has 0 aromatic rings. The van der Waals surface area contributed by atoms with Crippen LogP contribution in [0.2, 0.25) is 0 Å². The molecule has 2 N–H and O–H groups in total. The van der Waals surface area contributed by atoms with E-state index in [9.17, 15) is 4.79 Å². The average molecular weight is 302 g/mol. The van der Waals surface area contributed by atoms with Gasteiger partial charge in [0.25, 0.3) is 0 Å². The van der Waals surface area contributed by atoms with Crippen molar-refractivity contribution in [2.45, 2.75) is 60.2 Å². The first-order valence-corrected chi connectivity index (χ1v) is 7.91. The predicted molar refractivity (Wildman–Crippen MR) is 86.5 cm³/mol. The van der Waals surface area contributed by atoms with Crippen LogP contribution >= 0.6 is 0 Å². The average Bonchev–Trinajstić information content (AvgIpc) is 2.29. The first-order valence-electron chi connectivity index (χ1n) is 7.91. The molecule has 0 heterocycles. The fourth-order valence-corrected chi connectivity index (χ4v) is 1.73. The quantitative estimate of drug-likeness (QED) is 0.643. The standard InChI is InChI=1S/C16H34N2O3/c1-12(2)14(10-17-8-9-20-13(3)4)11-18-15(19)21-16(5,6)7/h12-14,17H,8-11H2,1-7H3,(H,18,19). The Morgan fingerprint density at radius 2 is 1.71 bits per heavy atom. The van der Waals surface area contributed by atoms with Crippen molar-refractivity contribution in [1.82, 2.24) is 10.6 Å². The molecule has 1 unspecified atom stereocenters. The van der Waals surface area contributed by atoms with Gasteiger partial charge in [-0.2, -0.15) is 0 Å². The van der Waals surface area contributed by atoms with Gasteiger partial charge in [0.05, 0.1) is 12.7 Å². The Labute approximate surface area is 130 Å². The molecule has 0 aliphatic carbocycles. The van der Waals surface area contributed by atoms with E-state index in [1.165, 1.54) is 0 Å². The van der Waals surface area contributed by atoms with E-state index in [0.29, 0.717) is 25.0 Å². The van der Waals surface area contributed by atoms with E-state index < -0.39 is 5.60 Å². The van der Waals surface area contributed by atoms with Crippen molar-refractivity contribution in [3.63, 3.8) is 0 Å². The molecule has 0 rings (SSSR count). The van der Waals surface area contributed by atoms with Gasteiger partial charge in [-0.25, -0.2) is 4.79 Å². The number of ether oxygens (including phenoxy) is 2. The molecule has 0 bridgehead atoms. The van der Waals surface area contributed by atoms with Gasteiger partial charge in [0, 0.05) is 13.1 Å². The molecule has 1 amide bonds. The highest BCUT2D eigenvalue weighted by atomic mass is 16.6. The Hall–Kier alpha value is -0.810. The second kappa shape index (κ2) is 10.0. The molecular formula is C16H34N2O3. The minimum absolute atomic E-state index is 0.265. The molecule has 0 fully saturated rings. The summed E-state index contributed by atoms with van der Waals surface area (Å²) in [7, 11) is 0. The first-order chi connectivity index (χ1) is 9.61. The summed E-state index contributed by atoms with van der Waals surface area (Å²) in [5, 5.41) is 6.22. The summed E-state index contributed by atoms with van der Waals surface area (Å²) in [6.45, 7) is 17.0. The van der Waals surface area contributed by atoms with E-state index in [4.69, 9.17) is 9.47 Å². The Morgan fingerprint density at radius 3 is 2.19 bits per heavy atom. The maximum atomic E-state index is 11.7. The number of hydrogen-bond acceptors (Lipinski definition) is 4. The maximum Gasteiger partial charge on any atom is 0.407 e. The second-order valence-corrected chi connectivity index (χ2v) is 7.01. The van der Waals surface area contributed by atoms with Crippen LogP contribution in [0.5, 0.6) is 0 Å². The van der Waals surface area contributed by atoms with Gasteiger partial charge >= 0.3 is 6.09 Å². The van der Waals surface area contributed by atoms with Gasteiger partial charge in [0.15, 0.2) is 0 Å². The van der Waals surface area contributed by atoms with Crippen molar-refractivity contribution in [3.05, 3.63) is 0 Å². The van der Waals surface area contributed by atoms with E-state index in [-0.39, 0.29) is 12.2 Å². The van der Waals surface area contributed by atoms with Crippen molar-refractivity contribution in [3.8, 4) is 0 Å². The zero-order valence-electron chi connectivity index (χ0n) is 14.8. The molecule has 5 heteroatoms. The lowest BCUT2D eigenvalue weighted by molar-refractivity contribution is 0.0513. The predicted octanol–water partition coefficient (Wildman–Crippen LogP) is 2.80. The van der Waals surface area contributed by atoms with Crippen molar-refractivity contribution in [1.29, 1.82) is 0 Å². The lowest BCUT2D eigenvalue weighted by Crippen LogP contribution is -2.40. The molecule has 0 aromatic carbocycles. The molecular weight excluding hydrogens is 268 g/mol. The van der Waals surface area contributed by atoms with Crippen LogP contribution < -0.4 is 10.6 Å². The highest BCUT2D eigenvalue weighted by molar-refractivity contribution is 5.67.